The van der Waals surface area contributed by atoms with Gasteiger partial charge in [-0.25, -0.2) is 0 Å². The quantitative estimate of drug-likeness (QED) is 0.672. The van der Waals surface area contributed by atoms with Crippen LogP contribution in [0.2, 0.25) is 14.8 Å². The van der Waals surface area contributed by atoms with E-state index in [9.17, 15) is 0 Å². The van der Waals surface area contributed by atoms with E-state index >= 15 is 0 Å². The molecule has 4 heteroatoms. The summed E-state index contributed by atoms with van der Waals surface area (Å²) in [5, 5.41) is 7.77. The van der Waals surface area contributed by atoms with E-state index in [1.54, 1.807) is 12.4 Å². The van der Waals surface area contributed by atoms with Crippen molar-refractivity contribution >= 4 is 22.2 Å². The van der Waals surface area contributed by atoms with Crippen LogP contribution in [-0.4, -0.2) is 33.6 Å². The van der Waals surface area contributed by atoms with Gasteiger partial charge in [-0.3, -0.25) is 0 Å². The molecular formula is C6H11N3Sn. The molecule has 10 heavy (non-hydrogen) atoms. The van der Waals surface area contributed by atoms with Crippen LogP contribution in [0.4, 0.5) is 0 Å². The van der Waals surface area contributed by atoms with Gasteiger partial charge >= 0.3 is 64.6 Å². The summed E-state index contributed by atoms with van der Waals surface area (Å²) in [6.45, 7) is 0. The van der Waals surface area contributed by atoms with Crippen molar-refractivity contribution in [1.82, 2.24) is 15.2 Å². The average molecular weight is 244 g/mol. The summed E-state index contributed by atoms with van der Waals surface area (Å²) in [6, 6.07) is 0. The molecule has 0 unspecified atom stereocenters. The van der Waals surface area contributed by atoms with Crippen LogP contribution in [0.25, 0.3) is 0 Å². The Bertz CT molecular complexity index is 204. The van der Waals surface area contributed by atoms with Crippen molar-refractivity contribution in [3.63, 3.8) is 0 Å². The number of hydrogen-bond acceptors (Lipinski definition) is 3. The van der Waals surface area contributed by atoms with Gasteiger partial charge in [0.25, 0.3) is 0 Å². The van der Waals surface area contributed by atoms with Crippen LogP contribution < -0.4 is 3.84 Å². The first-order valence-electron chi connectivity index (χ1n) is 3.25. The summed E-state index contributed by atoms with van der Waals surface area (Å²) in [7, 11) is 0. The number of nitrogens with zero attached hydrogens (tertiary/aromatic N) is 3. The van der Waals surface area contributed by atoms with E-state index in [0.717, 1.165) is 3.84 Å². The van der Waals surface area contributed by atoms with E-state index in [1.807, 2.05) is 0 Å². The molecule has 54 valence electrons. The molecule has 0 aliphatic carbocycles. The third kappa shape index (κ3) is 1.90. The Balaban J connectivity index is 2.97. The van der Waals surface area contributed by atoms with Gasteiger partial charge in [0.2, 0.25) is 0 Å². The number of rotatable bonds is 1. The molecule has 1 heterocycles. The zero-order valence-electron chi connectivity index (χ0n) is 6.50. The van der Waals surface area contributed by atoms with Crippen LogP contribution in [0.5, 0.6) is 0 Å². The summed E-state index contributed by atoms with van der Waals surface area (Å²) >= 11 is -2.00. The second kappa shape index (κ2) is 2.82. The van der Waals surface area contributed by atoms with Crippen molar-refractivity contribution in [2.75, 3.05) is 0 Å². The van der Waals surface area contributed by atoms with Crippen molar-refractivity contribution in [2.24, 2.45) is 0 Å². The Labute approximate surface area is 64.8 Å². The number of aromatic nitrogens is 3. The maximum atomic E-state index is 4.17. The topological polar surface area (TPSA) is 38.7 Å². The Morgan fingerprint density at radius 1 is 1.20 bits per heavy atom. The molecule has 1 aromatic rings. The minimum absolute atomic E-state index is 0.997. The number of hydrogen-bond donors (Lipinski definition) is 0. The minimum atomic E-state index is -2.00. The summed E-state index contributed by atoms with van der Waals surface area (Å²) < 4.78 is 0.997. The fourth-order valence-corrected chi connectivity index (χ4v) is 2.93. The van der Waals surface area contributed by atoms with Gasteiger partial charge in [0.15, 0.2) is 0 Å². The van der Waals surface area contributed by atoms with Crippen LogP contribution in [0.3, 0.4) is 0 Å². The summed E-state index contributed by atoms with van der Waals surface area (Å²) in [5.74, 6) is 0. The molecule has 0 atom stereocenters. The molecule has 1 aromatic heterocycles. The molecule has 0 aliphatic rings. The van der Waals surface area contributed by atoms with Gasteiger partial charge in [0.05, 0.1) is 0 Å². The second-order valence-electron chi connectivity index (χ2n) is 3.22. The van der Waals surface area contributed by atoms with Crippen molar-refractivity contribution in [1.29, 1.82) is 0 Å². The summed E-state index contributed by atoms with van der Waals surface area (Å²) in [6.07, 6.45) is 3.33. The second-order valence-corrected chi connectivity index (χ2v) is 17.3. The van der Waals surface area contributed by atoms with Crippen molar-refractivity contribution in [2.45, 2.75) is 14.8 Å². The Kier molecular flexibility index (Phi) is 2.23. The van der Waals surface area contributed by atoms with Gasteiger partial charge in [-0.15, -0.1) is 0 Å². The fourth-order valence-electron chi connectivity index (χ4n) is 0.591. The van der Waals surface area contributed by atoms with Crippen molar-refractivity contribution in [3.05, 3.63) is 12.4 Å². The summed E-state index contributed by atoms with van der Waals surface area (Å²) in [5.41, 5.74) is 0. The molecule has 0 amide bonds. The van der Waals surface area contributed by atoms with Crippen LogP contribution in [0, 0.1) is 0 Å². The SMILES string of the molecule is [CH3][Sn]([CH3])([CH3])[c]1nccnn1. The van der Waals surface area contributed by atoms with Gasteiger partial charge in [-0.05, 0) is 0 Å². The van der Waals surface area contributed by atoms with E-state index in [1.165, 1.54) is 0 Å². The molecule has 0 bridgehead atoms. The molecule has 0 saturated carbocycles. The average Bonchev–Trinajstić information content (AvgIpc) is 1.88. The molecule has 0 saturated heterocycles. The van der Waals surface area contributed by atoms with Gasteiger partial charge in [-0.2, -0.15) is 0 Å². The van der Waals surface area contributed by atoms with E-state index in [-0.39, 0.29) is 0 Å². The molecule has 0 fully saturated rings. The van der Waals surface area contributed by atoms with Gasteiger partial charge in [0, 0.05) is 0 Å². The first-order valence-corrected chi connectivity index (χ1v) is 13.2. The zero-order valence-corrected chi connectivity index (χ0v) is 9.35. The standard InChI is InChI=1S/C3H2N3.3CH3.Sn/c1-2-5-6-3-4-1;;;;/h1-2H;3*1H3;. The molecular weight excluding hydrogens is 233 g/mol. The predicted octanol–water partition coefficient (Wildman–Crippen LogP) is 0.417. The molecule has 0 aliphatic heterocycles. The summed E-state index contributed by atoms with van der Waals surface area (Å²) in [4.78, 5) is 11.0. The Morgan fingerprint density at radius 2 is 1.90 bits per heavy atom. The third-order valence-corrected chi connectivity index (χ3v) is 5.64. The molecule has 1 rings (SSSR count). The third-order valence-electron chi connectivity index (χ3n) is 1.15. The molecule has 0 aromatic carbocycles. The molecule has 3 nitrogen and oxygen atoms in total. The molecule has 0 radical (unpaired) electrons. The van der Waals surface area contributed by atoms with Crippen molar-refractivity contribution < 1.29 is 0 Å². The zero-order chi connectivity index (χ0) is 7.61. The Morgan fingerprint density at radius 3 is 2.20 bits per heavy atom. The van der Waals surface area contributed by atoms with Crippen molar-refractivity contribution in [3.8, 4) is 0 Å². The monoisotopic (exact) mass is 245 g/mol. The molecule has 0 spiro atoms. The van der Waals surface area contributed by atoms with Crippen LogP contribution in [0.1, 0.15) is 0 Å². The van der Waals surface area contributed by atoms with E-state index < -0.39 is 18.4 Å². The Hall–Kier alpha value is -0.191. The van der Waals surface area contributed by atoms with E-state index in [2.05, 4.69) is 30.0 Å². The van der Waals surface area contributed by atoms with Gasteiger partial charge < -0.3 is 0 Å². The maximum absolute atomic E-state index is 4.17. The van der Waals surface area contributed by atoms with E-state index in [4.69, 9.17) is 0 Å². The van der Waals surface area contributed by atoms with Crippen LogP contribution in [-0.2, 0) is 0 Å². The fraction of sp³-hybridized carbons (Fsp3) is 0.500. The van der Waals surface area contributed by atoms with E-state index in [0.29, 0.717) is 0 Å². The predicted molar refractivity (Wildman–Crippen MR) is 42.8 cm³/mol. The van der Waals surface area contributed by atoms with Crippen LogP contribution in [0.15, 0.2) is 12.4 Å². The normalized spacial score (nSPS) is 11.5. The molecule has 0 N–H and O–H groups in total. The first-order chi connectivity index (χ1) is 4.61. The van der Waals surface area contributed by atoms with Crippen LogP contribution >= 0.6 is 0 Å². The van der Waals surface area contributed by atoms with Gasteiger partial charge in [-0.1, -0.05) is 0 Å². The first kappa shape index (κ1) is 7.91. The van der Waals surface area contributed by atoms with Gasteiger partial charge in [0.1, 0.15) is 0 Å².